The highest BCUT2D eigenvalue weighted by Gasteiger charge is 2.17. The topological polar surface area (TPSA) is 74.3 Å². The molecule has 0 unspecified atom stereocenters. The molecule has 0 saturated heterocycles. The van der Waals surface area contributed by atoms with Gasteiger partial charge in [0.05, 0.1) is 12.6 Å². The molecule has 30 heavy (non-hydrogen) atoms. The Morgan fingerprint density at radius 1 is 1.10 bits per heavy atom. The Balaban J connectivity index is 1.52. The van der Waals surface area contributed by atoms with E-state index in [0.717, 1.165) is 23.5 Å². The molecule has 1 aromatic carbocycles. The summed E-state index contributed by atoms with van der Waals surface area (Å²) in [5.41, 5.74) is 5.87. The van der Waals surface area contributed by atoms with Crippen LogP contribution in [0.25, 0.3) is 11.3 Å². The fraction of sp³-hybridized carbons (Fsp3) is 0.375. The molecule has 0 radical (unpaired) electrons. The van der Waals surface area contributed by atoms with Crippen molar-refractivity contribution >= 4 is 11.8 Å². The van der Waals surface area contributed by atoms with Gasteiger partial charge in [0.15, 0.2) is 18.3 Å². The number of nitrogens with zero attached hydrogens (tertiary/aromatic N) is 2. The predicted molar refractivity (Wildman–Crippen MR) is 115 cm³/mol. The summed E-state index contributed by atoms with van der Waals surface area (Å²) in [4.78, 5) is 28.7. The largest absolute Gasteiger partial charge is 0.457 e. The van der Waals surface area contributed by atoms with Gasteiger partial charge in [0.1, 0.15) is 0 Å². The van der Waals surface area contributed by atoms with Gasteiger partial charge in [-0.15, -0.1) is 0 Å². The summed E-state index contributed by atoms with van der Waals surface area (Å²) in [6.07, 6.45) is 2.09. The number of benzene rings is 1. The number of esters is 1. The van der Waals surface area contributed by atoms with Crippen molar-refractivity contribution in [3.05, 3.63) is 64.4 Å². The number of carbonyl (C=O) groups excluding carboxylic acids is 2. The fourth-order valence-corrected chi connectivity index (χ4v) is 3.53. The lowest BCUT2D eigenvalue weighted by molar-refractivity contribution is -0.142. The Hall–Kier alpha value is -3.15. The van der Waals surface area contributed by atoms with Gasteiger partial charge in [-0.1, -0.05) is 12.1 Å². The first-order chi connectivity index (χ1) is 14.3. The normalized spacial score (nSPS) is 11.0. The van der Waals surface area contributed by atoms with Crippen LogP contribution in [-0.4, -0.2) is 27.9 Å². The molecule has 0 aliphatic carbocycles. The molecule has 3 aromatic rings. The monoisotopic (exact) mass is 408 g/mol. The van der Waals surface area contributed by atoms with Gasteiger partial charge in [0.25, 0.3) is 0 Å². The summed E-state index contributed by atoms with van der Waals surface area (Å²) in [5, 5.41) is 0. The van der Waals surface area contributed by atoms with Crippen molar-refractivity contribution in [2.24, 2.45) is 0 Å². The number of aryl methyl sites for hydroxylation is 4. The van der Waals surface area contributed by atoms with Crippen molar-refractivity contribution in [1.29, 1.82) is 0 Å². The second-order valence-electron chi connectivity index (χ2n) is 7.53. The Morgan fingerprint density at radius 3 is 2.53 bits per heavy atom. The number of ketones is 1. The van der Waals surface area contributed by atoms with E-state index in [1.165, 1.54) is 11.1 Å². The maximum absolute atomic E-state index is 12.4. The van der Waals surface area contributed by atoms with Crippen LogP contribution in [0.15, 0.2) is 34.9 Å². The van der Waals surface area contributed by atoms with Crippen LogP contribution in [0.1, 0.15) is 52.1 Å². The number of carbonyl (C=O) groups is 2. The molecule has 6 nitrogen and oxygen atoms in total. The van der Waals surface area contributed by atoms with Gasteiger partial charge in [-0.2, -0.15) is 0 Å². The van der Waals surface area contributed by atoms with E-state index in [4.69, 9.17) is 9.15 Å². The second-order valence-corrected chi connectivity index (χ2v) is 7.53. The highest BCUT2D eigenvalue weighted by atomic mass is 16.5. The quantitative estimate of drug-likeness (QED) is 0.397. The van der Waals surface area contributed by atoms with Crippen LogP contribution in [0.4, 0.5) is 0 Å². The first-order valence-corrected chi connectivity index (χ1v) is 10.2. The molecule has 2 heterocycles. The Morgan fingerprint density at radius 2 is 1.87 bits per heavy atom. The number of ether oxygens (including phenoxy) is 1. The van der Waals surface area contributed by atoms with Crippen LogP contribution in [-0.2, 0) is 22.5 Å². The minimum atomic E-state index is -0.446. The van der Waals surface area contributed by atoms with E-state index in [1.807, 2.05) is 45.9 Å². The highest BCUT2D eigenvalue weighted by Crippen LogP contribution is 2.23. The van der Waals surface area contributed by atoms with Gasteiger partial charge in [0, 0.05) is 35.5 Å². The summed E-state index contributed by atoms with van der Waals surface area (Å²) >= 11 is 0. The molecule has 0 aliphatic heterocycles. The standard InChI is InChI=1S/C24H28N2O4/c1-6-26-17(4)12-20(18(26)5)21(27)14-29-24(28)10-9-23-25-13-22(30-23)19-8-7-15(2)16(3)11-19/h7-8,11-13H,6,9-10,14H2,1-5H3. The van der Waals surface area contributed by atoms with Crippen molar-refractivity contribution in [3.63, 3.8) is 0 Å². The third-order valence-corrected chi connectivity index (χ3v) is 5.44. The average Bonchev–Trinajstić information content (AvgIpc) is 3.30. The van der Waals surface area contributed by atoms with Crippen molar-refractivity contribution in [2.45, 2.75) is 54.0 Å². The van der Waals surface area contributed by atoms with Crippen LogP contribution in [0.5, 0.6) is 0 Å². The number of aromatic nitrogens is 2. The molecule has 0 bridgehead atoms. The lowest BCUT2D eigenvalue weighted by Crippen LogP contribution is -2.15. The molecule has 3 rings (SSSR count). The number of hydrogen-bond acceptors (Lipinski definition) is 5. The second kappa shape index (κ2) is 9.11. The van der Waals surface area contributed by atoms with Crippen molar-refractivity contribution < 1.29 is 18.7 Å². The van der Waals surface area contributed by atoms with Crippen LogP contribution >= 0.6 is 0 Å². The molecule has 6 heteroatoms. The molecule has 0 aliphatic rings. The molecule has 0 spiro atoms. The van der Waals surface area contributed by atoms with Crippen LogP contribution in [0.3, 0.4) is 0 Å². The fourth-order valence-electron chi connectivity index (χ4n) is 3.53. The minimum absolute atomic E-state index is 0.105. The van der Waals surface area contributed by atoms with E-state index >= 15 is 0 Å². The van der Waals surface area contributed by atoms with Crippen LogP contribution in [0, 0.1) is 27.7 Å². The molecule has 0 saturated carbocycles. The number of oxazole rings is 1. The third-order valence-electron chi connectivity index (χ3n) is 5.44. The number of rotatable bonds is 8. The summed E-state index contributed by atoms with van der Waals surface area (Å²) in [5.74, 6) is 0.504. The number of Topliss-reactive ketones (excluding diaryl/α,β-unsaturated/α-hetero) is 1. The predicted octanol–water partition coefficient (Wildman–Crippen LogP) is 4.76. The molecule has 0 N–H and O–H groups in total. The van der Waals surface area contributed by atoms with Crippen LogP contribution < -0.4 is 0 Å². The van der Waals surface area contributed by atoms with Gasteiger partial charge in [-0.3, -0.25) is 9.59 Å². The molecule has 0 amide bonds. The summed E-state index contributed by atoms with van der Waals surface area (Å²) in [7, 11) is 0. The van der Waals surface area contributed by atoms with E-state index in [9.17, 15) is 9.59 Å². The molecule has 158 valence electrons. The lowest BCUT2D eigenvalue weighted by Gasteiger charge is -2.06. The van der Waals surface area contributed by atoms with Crippen molar-refractivity contribution in [1.82, 2.24) is 9.55 Å². The maximum Gasteiger partial charge on any atom is 0.306 e. The van der Waals surface area contributed by atoms with Gasteiger partial charge < -0.3 is 13.7 Å². The van der Waals surface area contributed by atoms with E-state index < -0.39 is 5.97 Å². The van der Waals surface area contributed by atoms with E-state index in [1.54, 1.807) is 6.20 Å². The van der Waals surface area contributed by atoms with Crippen LogP contribution in [0.2, 0.25) is 0 Å². The molecular formula is C24H28N2O4. The van der Waals surface area contributed by atoms with E-state index in [0.29, 0.717) is 23.6 Å². The van der Waals surface area contributed by atoms with Gasteiger partial charge >= 0.3 is 5.97 Å². The summed E-state index contributed by atoms with van der Waals surface area (Å²) < 4.78 is 13.0. The minimum Gasteiger partial charge on any atom is -0.457 e. The molecule has 2 aromatic heterocycles. The van der Waals surface area contributed by atoms with Gasteiger partial charge in [-0.05, 0) is 57.9 Å². The smallest absolute Gasteiger partial charge is 0.306 e. The Kier molecular flexibility index (Phi) is 6.55. The zero-order valence-corrected chi connectivity index (χ0v) is 18.2. The first kappa shape index (κ1) is 21.6. The third kappa shape index (κ3) is 4.70. The molecule has 0 atom stereocenters. The van der Waals surface area contributed by atoms with E-state index in [-0.39, 0.29) is 18.8 Å². The first-order valence-electron chi connectivity index (χ1n) is 10.2. The Bertz CT molecular complexity index is 1080. The SMILES string of the molecule is CCn1c(C)cc(C(=O)COC(=O)CCc2ncc(-c3ccc(C)c(C)c3)o2)c1C. The lowest BCUT2D eigenvalue weighted by atomic mass is 10.1. The maximum atomic E-state index is 12.4. The summed E-state index contributed by atoms with van der Waals surface area (Å²) in [6.45, 7) is 10.5. The van der Waals surface area contributed by atoms with Gasteiger partial charge in [-0.25, -0.2) is 4.98 Å². The zero-order chi connectivity index (χ0) is 21.8. The zero-order valence-electron chi connectivity index (χ0n) is 18.2. The highest BCUT2D eigenvalue weighted by molar-refractivity contribution is 5.99. The average molecular weight is 408 g/mol. The molecule has 0 fully saturated rings. The molecular weight excluding hydrogens is 380 g/mol. The van der Waals surface area contributed by atoms with Gasteiger partial charge in [0.2, 0.25) is 5.78 Å². The van der Waals surface area contributed by atoms with Crippen molar-refractivity contribution in [2.75, 3.05) is 6.61 Å². The number of hydrogen-bond donors (Lipinski definition) is 0. The van der Waals surface area contributed by atoms with Crippen molar-refractivity contribution in [3.8, 4) is 11.3 Å². The van der Waals surface area contributed by atoms with E-state index in [2.05, 4.69) is 22.5 Å². The summed E-state index contributed by atoms with van der Waals surface area (Å²) in [6, 6.07) is 7.92. The Labute approximate surface area is 176 Å².